The molecule has 1 aromatic carbocycles. The fraction of sp³-hybridized carbons (Fsp3) is 0.368. The number of carbonyl (C=O) groups is 1. The smallest absolute Gasteiger partial charge is 0.255 e. The molecule has 132 valence electrons. The van der Waals surface area contributed by atoms with E-state index < -0.39 is 0 Å². The Hall–Kier alpha value is -2.11. The summed E-state index contributed by atoms with van der Waals surface area (Å²) in [7, 11) is 0. The first-order valence-electron chi connectivity index (χ1n) is 8.44. The molecule has 0 spiro atoms. The number of nitrogens with two attached hydrogens (primary N) is 1. The van der Waals surface area contributed by atoms with Gasteiger partial charge in [-0.2, -0.15) is 0 Å². The molecule has 25 heavy (non-hydrogen) atoms. The van der Waals surface area contributed by atoms with Crippen molar-refractivity contribution in [2.24, 2.45) is 11.7 Å². The lowest BCUT2D eigenvalue weighted by Gasteiger charge is -2.22. The van der Waals surface area contributed by atoms with Gasteiger partial charge in [0.2, 0.25) is 0 Å². The molecule has 1 aliphatic heterocycles. The third kappa shape index (κ3) is 3.78. The van der Waals surface area contributed by atoms with Gasteiger partial charge in [0.15, 0.2) is 0 Å². The average molecular weight is 360 g/mol. The number of rotatable bonds is 4. The number of benzene rings is 1. The first-order chi connectivity index (χ1) is 12.0. The molecular weight excluding hydrogens is 338 g/mol. The van der Waals surface area contributed by atoms with Crippen LogP contribution in [0.5, 0.6) is 0 Å². The van der Waals surface area contributed by atoms with E-state index in [1.54, 1.807) is 18.3 Å². The lowest BCUT2D eigenvalue weighted by molar-refractivity contribution is 0.0742. The number of carbonyl (C=O) groups excluding carboxylic acids is 1. The molecule has 1 fully saturated rings. The highest BCUT2D eigenvalue weighted by molar-refractivity contribution is 6.31. The SMILES string of the molecule is CC1CC(CN)CN1C(=O)c1ccc(=O)n(Cc2ccccc2Cl)c1. The van der Waals surface area contributed by atoms with E-state index in [1.807, 2.05) is 30.0 Å². The van der Waals surface area contributed by atoms with Gasteiger partial charge in [0.05, 0.1) is 12.1 Å². The zero-order chi connectivity index (χ0) is 18.0. The van der Waals surface area contributed by atoms with Crippen LogP contribution in [0, 0.1) is 5.92 Å². The Morgan fingerprint density at radius 1 is 1.28 bits per heavy atom. The van der Waals surface area contributed by atoms with E-state index in [0.29, 0.717) is 36.1 Å². The molecule has 1 aliphatic rings. The third-order valence-corrected chi connectivity index (χ3v) is 5.15. The summed E-state index contributed by atoms with van der Waals surface area (Å²) >= 11 is 6.18. The van der Waals surface area contributed by atoms with Crippen LogP contribution in [-0.4, -0.2) is 34.5 Å². The number of nitrogens with zero attached hydrogens (tertiary/aromatic N) is 2. The molecule has 2 unspecified atom stereocenters. The Bertz CT molecular complexity index is 833. The first kappa shape index (κ1) is 17.7. The van der Waals surface area contributed by atoms with Crippen LogP contribution >= 0.6 is 11.6 Å². The Balaban J connectivity index is 1.85. The molecule has 2 atom stereocenters. The van der Waals surface area contributed by atoms with Gasteiger partial charge in [0.25, 0.3) is 11.5 Å². The molecule has 5 nitrogen and oxygen atoms in total. The number of hydrogen-bond acceptors (Lipinski definition) is 3. The standard InChI is InChI=1S/C19H22ClN3O2/c1-13-8-14(9-21)10-23(13)19(25)16-6-7-18(24)22(12-16)11-15-4-2-3-5-17(15)20/h2-7,12-14H,8-11,21H2,1H3. The third-order valence-electron chi connectivity index (χ3n) is 4.78. The monoisotopic (exact) mass is 359 g/mol. The molecule has 0 radical (unpaired) electrons. The second kappa shape index (κ2) is 7.42. The van der Waals surface area contributed by atoms with E-state index in [4.69, 9.17) is 17.3 Å². The van der Waals surface area contributed by atoms with Gasteiger partial charge in [-0.15, -0.1) is 0 Å². The molecule has 1 aromatic heterocycles. The number of amides is 1. The predicted molar refractivity (Wildman–Crippen MR) is 98.9 cm³/mol. The highest BCUT2D eigenvalue weighted by atomic mass is 35.5. The van der Waals surface area contributed by atoms with Crippen molar-refractivity contribution >= 4 is 17.5 Å². The first-order valence-corrected chi connectivity index (χ1v) is 8.82. The Morgan fingerprint density at radius 3 is 2.72 bits per heavy atom. The molecule has 1 saturated heterocycles. The summed E-state index contributed by atoms with van der Waals surface area (Å²) in [6.07, 6.45) is 2.54. The van der Waals surface area contributed by atoms with E-state index in [1.165, 1.54) is 10.6 Å². The van der Waals surface area contributed by atoms with E-state index in [2.05, 4.69) is 0 Å². The molecule has 2 N–H and O–H groups in total. The molecule has 6 heteroatoms. The van der Waals surface area contributed by atoms with Crippen molar-refractivity contribution in [3.05, 3.63) is 69.1 Å². The van der Waals surface area contributed by atoms with E-state index in [-0.39, 0.29) is 17.5 Å². The average Bonchev–Trinajstić information content (AvgIpc) is 2.99. The molecule has 2 heterocycles. The van der Waals surface area contributed by atoms with Crippen LogP contribution in [0.15, 0.2) is 47.4 Å². The van der Waals surface area contributed by atoms with Crippen molar-refractivity contribution in [3.8, 4) is 0 Å². The molecule has 3 rings (SSSR count). The highest BCUT2D eigenvalue weighted by Gasteiger charge is 2.32. The summed E-state index contributed by atoms with van der Waals surface area (Å²) in [6, 6.07) is 10.6. The molecular formula is C19H22ClN3O2. The van der Waals surface area contributed by atoms with Crippen molar-refractivity contribution in [1.82, 2.24) is 9.47 Å². The van der Waals surface area contributed by atoms with Crippen molar-refractivity contribution in [3.63, 3.8) is 0 Å². The summed E-state index contributed by atoms with van der Waals surface area (Å²) in [5.74, 6) is 0.282. The maximum Gasteiger partial charge on any atom is 0.255 e. The maximum absolute atomic E-state index is 12.8. The number of aromatic nitrogens is 1. The van der Waals surface area contributed by atoms with Crippen molar-refractivity contribution in [2.75, 3.05) is 13.1 Å². The number of hydrogen-bond donors (Lipinski definition) is 1. The van der Waals surface area contributed by atoms with Crippen LogP contribution in [0.3, 0.4) is 0 Å². The highest BCUT2D eigenvalue weighted by Crippen LogP contribution is 2.24. The molecule has 2 aromatic rings. The summed E-state index contributed by atoms with van der Waals surface area (Å²) in [4.78, 5) is 26.9. The summed E-state index contributed by atoms with van der Waals surface area (Å²) in [5.41, 5.74) is 6.94. The second-order valence-corrected chi connectivity index (χ2v) is 7.03. The summed E-state index contributed by atoms with van der Waals surface area (Å²) in [5, 5.41) is 0.602. The van der Waals surface area contributed by atoms with Gasteiger partial charge in [-0.25, -0.2) is 0 Å². The van der Waals surface area contributed by atoms with Gasteiger partial charge in [-0.1, -0.05) is 29.8 Å². The lowest BCUT2D eigenvalue weighted by atomic mass is 10.1. The van der Waals surface area contributed by atoms with Crippen LogP contribution in [0.4, 0.5) is 0 Å². The van der Waals surface area contributed by atoms with Gasteiger partial charge in [-0.3, -0.25) is 9.59 Å². The zero-order valence-corrected chi connectivity index (χ0v) is 14.9. The van der Waals surface area contributed by atoms with Gasteiger partial charge in [-0.05, 0) is 43.5 Å². The molecule has 0 bridgehead atoms. The largest absolute Gasteiger partial charge is 0.336 e. The van der Waals surface area contributed by atoms with Crippen LogP contribution in [0.25, 0.3) is 0 Å². The molecule has 1 amide bonds. The van der Waals surface area contributed by atoms with Crippen LogP contribution < -0.4 is 11.3 Å². The predicted octanol–water partition coefficient (Wildman–Crippen LogP) is 2.36. The number of likely N-dealkylation sites (tertiary alicyclic amines) is 1. The zero-order valence-electron chi connectivity index (χ0n) is 14.2. The van der Waals surface area contributed by atoms with E-state index in [0.717, 1.165) is 12.0 Å². The molecule has 0 saturated carbocycles. The van der Waals surface area contributed by atoms with Gasteiger partial charge in [0.1, 0.15) is 0 Å². The van der Waals surface area contributed by atoms with Crippen molar-refractivity contribution < 1.29 is 4.79 Å². The fourth-order valence-corrected chi connectivity index (χ4v) is 3.55. The van der Waals surface area contributed by atoms with Gasteiger partial charge in [0, 0.05) is 29.9 Å². The van der Waals surface area contributed by atoms with Crippen molar-refractivity contribution in [2.45, 2.75) is 25.9 Å². The topological polar surface area (TPSA) is 68.3 Å². The van der Waals surface area contributed by atoms with Gasteiger partial charge < -0.3 is 15.2 Å². The Kier molecular flexibility index (Phi) is 5.25. The van der Waals surface area contributed by atoms with Crippen LogP contribution in [0.2, 0.25) is 5.02 Å². The quantitative estimate of drug-likeness (QED) is 0.911. The summed E-state index contributed by atoms with van der Waals surface area (Å²) < 4.78 is 1.52. The minimum Gasteiger partial charge on any atom is -0.336 e. The van der Waals surface area contributed by atoms with E-state index >= 15 is 0 Å². The molecule has 0 aliphatic carbocycles. The minimum atomic E-state index is -0.161. The Morgan fingerprint density at radius 2 is 2.04 bits per heavy atom. The second-order valence-electron chi connectivity index (χ2n) is 6.62. The normalized spacial score (nSPS) is 20.0. The van der Waals surface area contributed by atoms with E-state index in [9.17, 15) is 9.59 Å². The van der Waals surface area contributed by atoms with Crippen LogP contribution in [0.1, 0.15) is 29.3 Å². The maximum atomic E-state index is 12.8. The van der Waals surface area contributed by atoms with Crippen LogP contribution in [-0.2, 0) is 6.54 Å². The van der Waals surface area contributed by atoms with Crippen molar-refractivity contribution in [1.29, 1.82) is 0 Å². The summed E-state index contributed by atoms with van der Waals surface area (Å²) in [6.45, 7) is 3.62. The number of halogens is 1. The number of pyridine rings is 1. The Labute approximate surface area is 152 Å². The fourth-order valence-electron chi connectivity index (χ4n) is 3.35. The minimum absolute atomic E-state index is 0.0589. The lowest BCUT2D eigenvalue weighted by Crippen LogP contribution is -2.35. The van der Waals surface area contributed by atoms with Gasteiger partial charge >= 0.3 is 0 Å².